The summed E-state index contributed by atoms with van der Waals surface area (Å²) in [6, 6.07) is 5.46. The van der Waals surface area contributed by atoms with Gasteiger partial charge in [0.05, 0.1) is 16.5 Å². The molecule has 1 fully saturated rings. The molecule has 2 amide bonds. The fourth-order valence-corrected chi connectivity index (χ4v) is 6.03. The van der Waals surface area contributed by atoms with Crippen LogP contribution in [0.5, 0.6) is 0 Å². The zero-order valence-corrected chi connectivity index (χ0v) is 18.6. The van der Waals surface area contributed by atoms with Crippen LogP contribution in [-0.2, 0) is 17.6 Å². The number of hydrogen-bond donors (Lipinski definition) is 2. The number of carbonyl (C=O) groups excluding carboxylic acids is 2. The molecule has 0 aromatic carbocycles. The van der Waals surface area contributed by atoms with Gasteiger partial charge >= 0.3 is 0 Å². The maximum absolute atomic E-state index is 13.1. The van der Waals surface area contributed by atoms with Crippen molar-refractivity contribution in [2.45, 2.75) is 44.6 Å². The third-order valence-corrected chi connectivity index (χ3v) is 7.74. The number of anilines is 1. The Balaban J connectivity index is 1.36. The number of fused-ring (bicyclic) bond motifs is 1. The van der Waals surface area contributed by atoms with Crippen molar-refractivity contribution in [2.24, 2.45) is 0 Å². The minimum Gasteiger partial charge on any atom is -0.376 e. The lowest BCUT2D eigenvalue weighted by Gasteiger charge is -2.15. The summed E-state index contributed by atoms with van der Waals surface area (Å²) >= 11 is 3.01. The third-order valence-electron chi connectivity index (χ3n) is 5.65. The maximum atomic E-state index is 13.1. The summed E-state index contributed by atoms with van der Waals surface area (Å²) in [5, 5.41) is 12.4. The average Bonchev–Trinajstić information content (AvgIpc) is 3.57. The number of aromatic nitrogens is 1. The van der Waals surface area contributed by atoms with Crippen molar-refractivity contribution in [3.8, 4) is 10.6 Å². The Labute approximate surface area is 187 Å². The highest BCUT2D eigenvalue weighted by Gasteiger charge is 2.28. The molecule has 162 valence electrons. The molecule has 0 bridgehead atoms. The van der Waals surface area contributed by atoms with Crippen LogP contribution in [0.3, 0.4) is 0 Å². The molecule has 1 aliphatic carbocycles. The van der Waals surface area contributed by atoms with Gasteiger partial charge in [0.25, 0.3) is 11.8 Å². The number of thiophene rings is 2. The summed E-state index contributed by atoms with van der Waals surface area (Å²) in [5.74, 6) is 0.0307. The first kappa shape index (κ1) is 20.4. The molecule has 0 unspecified atom stereocenters. The molecule has 2 aliphatic rings. The number of ether oxygens (including phenoxy) is 1. The Kier molecular flexibility index (Phi) is 5.89. The molecule has 7 nitrogen and oxygen atoms in total. The van der Waals surface area contributed by atoms with Gasteiger partial charge in [-0.3, -0.25) is 9.59 Å². The topological polar surface area (TPSA) is 93.5 Å². The van der Waals surface area contributed by atoms with Gasteiger partial charge < -0.3 is 19.9 Å². The van der Waals surface area contributed by atoms with Gasteiger partial charge in [0, 0.05) is 24.1 Å². The van der Waals surface area contributed by atoms with Crippen LogP contribution >= 0.6 is 22.7 Å². The monoisotopic (exact) mass is 457 g/mol. The molecule has 1 saturated heterocycles. The van der Waals surface area contributed by atoms with Crippen molar-refractivity contribution in [3.63, 3.8) is 0 Å². The second-order valence-corrected chi connectivity index (χ2v) is 9.82. The minimum atomic E-state index is -0.377. The lowest BCUT2D eigenvalue weighted by molar-refractivity contribution is 0.0858. The number of carbonyl (C=O) groups is 2. The summed E-state index contributed by atoms with van der Waals surface area (Å²) in [4.78, 5) is 28.1. The van der Waals surface area contributed by atoms with Gasteiger partial charge in [-0.1, -0.05) is 11.2 Å². The van der Waals surface area contributed by atoms with Crippen molar-refractivity contribution < 1.29 is 18.8 Å². The van der Waals surface area contributed by atoms with Crippen molar-refractivity contribution in [1.82, 2.24) is 10.5 Å². The van der Waals surface area contributed by atoms with E-state index in [1.165, 1.54) is 27.6 Å². The molecule has 5 rings (SSSR count). The van der Waals surface area contributed by atoms with Gasteiger partial charge in [-0.2, -0.15) is 0 Å². The Morgan fingerprint density at radius 2 is 2.10 bits per heavy atom. The van der Waals surface area contributed by atoms with Gasteiger partial charge in [-0.05, 0) is 55.5 Å². The number of hydrogen-bond acceptors (Lipinski definition) is 7. The van der Waals surface area contributed by atoms with Gasteiger partial charge in [-0.25, -0.2) is 0 Å². The molecule has 2 N–H and O–H groups in total. The summed E-state index contributed by atoms with van der Waals surface area (Å²) in [5.41, 5.74) is 1.85. The summed E-state index contributed by atoms with van der Waals surface area (Å²) in [6.07, 6.45) is 6.01. The van der Waals surface area contributed by atoms with E-state index in [1.54, 1.807) is 6.07 Å². The van der Waals surface area contributed by atoms with Gasteiger partial charge in [0.15, 0.2) is 11.5 Å². The standard InChI is InChI=1S/C22H23N3O4S2/c26-20(15-11-16(29-25-15)18-8-4-10-30-18)24-22-19(14-6-1-2-7-17(14)31-22)21(27)23-12-13-5-3-9-28-13/h4,8,10-11,13H,1-3,5-7,9,12H2,(H,23,27)(H,24,26)/t13-/m1/s1. The molecule has 3 aromatic heterocycles. The number of nitrogens with zero attached hydrogens (tertiary/aromatic N) is 1. The van der Waals surface area contributed by atoms with E-state index in [2.05, 4.69) is 15.8 Å². The predicted molar refractivity (Wildman–Crippen MR) is 120 cm³/mol. The Bertz CT molecular complexity index is 1080. The van der Waals surface area contributed by atoms with E-state index in [0.29, 0.717) is 22.9 Å². The molecule has 31 heavy (non-hydrogen) atoms. The zero-order chi connectivity index (χ0) is 21.2. The highest BCUT2D eigenvalue weighted by molar-refractivity contribution is 7.17. The molecule has 3 aromatic rings. The van der Waals surface area contributed by atoms with Gasteiger partial charge in [0.1, 0.15) is 5.00 Å². The Morgan fingerprint density at radius 1 is 1.19 bits per heavy atom. The van der Waals surface area contributed by atoms with Crippen LogP contribution in [0.15, 0.2) is 28.1 Å². The quantitative estimate of drug-likeness (QED) is 0.568. The molecule has 0 spiro atoms. The molecule has 1 atom stereocenters. The number of amides is 2. The Hall–Kier alpha value is -2.49. The van der Waals surface area contributed by atoms with Crippen LogP contribution in [-0.4, -0.2) is 36.2 Å². The first-order chi connectivity index (χ1) is 15.2. The fourth-order valence-electron chi connectivity index (χ4n) is 4.08. The lowest BCUT2D eigenvalue weighted by atomic mass is 9.95. The van der Waals surface area contributed by atoms with E-state index in [1.807, 2.05) is 17.5 Å². The van der Waals surface area contributed by atoms with Crippen LogP contribution in [0.25, 0.3) is 10.6 Å². The van der Waals surface area contributed by atoms with Crippen molar-refractivity contribution >= 4 is 39.5 Å². The Morgan fingerprint density at radius 3 is 2.90 bits per heavy atom. The molecule has 0 radical (unpaired) electrons. The van der Waals surface area contributed by atoms with E-state index >= 15 is 0 Å². The van der Waals surface area contributed by atoms with Crippen LogP contribution in [0, 0.1) is 0 Å². The van der Waals surface area contributed by atoms with Crippen LogP contribution in [0.1, 0.15) is 57.0 Å². The largest absolute Gasteiger partial charge is 0.376 e. The first-order valence-electron chi connectivity index (χ1n) is 10.6. The lowest BCUT2D eigenvalue weighted by Crippen LogP contribution is -2.32. The van der Waals surface area contributed by atoms with Crippen LogP contribution in [0.4, 0.5) is 5.00 Å². The molecular weight excluding hydrogens is 434 g/mol. The van der Waals surface area contributed by atoms with Gasteiger partial charge in [0.2, 0.25) is 0 Å². The smallest absolute Gasteiger partial charge is 0.278 e. The summed E-state index contributed by atoms with van der Waals surface area (Å²) in [7, 11) is 0. The van der Waals surface area contributed by atoms with Crippen LogP contribution in [0.2, 0.25) is 0 Å². The van der Waals surface area contributed by atoms with Crippen molar-refractivity contribution in [3.05, 3.63) is 45.3 Å². The van der Waals surface area contributed by atoms with Crippen molar-refractivity contribution in [1.29, 1.82) is 0 Å². The van der Waals surface area contributed by atoms with E-state index in [9.17, 15) is 9.59 Å². The first-order valence-corrected chi connectivity index (χ1v) is 12.2. The van der Waals surface area contributed by atoms with E-state index in [-0.39, 0.29) is 23.6 Å². The molecule has 0 saturated carbocycles. The highest BCUT2D eigenvalue weighted by Crippen LogP contribution is 2.38. The fraction of sp³-hybridized carbons (Fsp3) is 0.409. The number of nitrogens with one attached hydrogen (secondary N) is 2. The average molecular weight is 458 g/mol. The molecular formula is C22H23N3O4S2. The second kappa shape index (κ2) is 8.94. The van der Waals surface area contributed by atoms with Gasteiger partial charge in [-0.15, -0.1) is 22.7 Å². The SMILES string of the molecule is O=C(Nc1sc2c(c1C(=O)NC[C@H]1CCCO1)CCCC2)c1cc(-c2cccs2)on1. The molecule has 9 heteroatoms. The highest BCUT2D eigenvalue weighted by atomic mass is 32.1. The van der Waals surface area contributed by atoms with E-state index in [4.69, 9.17) is 9.26 Å². The summed E-state index contributed by atoms with van der Waals surface area (Å²) < 4.78 is 11.0. The number of rotatable bonds is 6. The van der Waals surface area contributed by atoms with E-state index < -0.39 is 0 Å². The predicted octanol–water partition coefficient (Wildman–Crippen LogP) is 4.50. The molecule has 1 aliphatic heterocycles. The normalized spacial score (nSPS) is 18.0. The van der Waals surface area contributed by atoms with Crippen molar-refractivity contribution in [2.75, 3.05) is 18.5 Å². The third kappa shape index (κ3) is 4.30. The minimum absolute atomic E-state index is 0.0715. The zero-order valence-electron chi connectivity index (χ0n) is 16.9. The van der Waals surface area contributed by atoms with Crippen LogP contribution < -0.4 is 10.6 Å². The summed E-state index contributed by atoms with van der Waals surface area (Å²) in [6.45, 7) is 1.24. The number of aryl methyl sites for hydroxylation is 1. The maximum Gasteiger partial charge on any atom is 0.278 e. The molecule has 4 heterocycles. The second-order valence-electron chi connectivity index (χ2n) is 7.77. The van der Waals surface area contributed by atoms with E-state index in [0.717, 1.165) is 55.6 Å².